The van der Waals surface area contributed by atoms with Crippen molar-refractivity contribution >= 4 is 17.5 Å². The minimum absolute atomic E-state index is 0.114. The molecule has 10 nitrogen and oxygen atoms in total. The monoisotopic (exact) mass is 603 g/mol. The molecule has 0 aliphatic rings. The summed E-state index contributed by atoms with van der Waals surface area (Å²) >= 11 is 0. The van der Waals surface area contributed by atoms with Gasteiger partial charge in [0, 0.05) is 31.7 Å². The largest absolute Gasteiger partial charge is 0.417 e. The van der Waals surface area contributed by atoms with Gasteiger partial charge in [-0.05, 0) is 36.6 Å². The summed E-state index contributed by atoms with van der Waals surface area (Å²) in [7, 11) is 0. The second-order valence-corrected chi connectivity index (χ2v) is 9.64. The Hall–Kier alpha value is -4.95. The first-order chi connectivity index (χ1) is 20.4. The molecule has 0 radical (unpaired) electrons. The molecule has 226 valence electrons. The maximum Gasteiger partial charge on any atom is 0.417 e. The SMILES string of the molecule is CC(C(=O)Nc1ccn(CCC(F)Cn2cc(C(=O)NCc3cncc(C(F)(F)F)c3)nn2)c(=O)c1F)c1ccccc1. The van der Waals surface area contributed by atoms with Crippen LogP contribution in [0.4, 0.5) is 27.6 Å². The standard InChI is InChI=1S/C28H26F5N7O3/c1-17(19-5-3-2-4-6-19)25(41)36-22-8-10-39(27(43)24(22)30)9-7-21(29)15-40-16-23(37-38-40)26(42)35-13-18-11-20(14-34-12-18)28(31,32)33/h2-6,8,10-12,14,16-17,21H,7,9,13,15H2,1H3,(H,35,42)(H,36,41). The summed E-state index contributed by atoms with van der Waals surface area (Å²) < 4.78 is 69.9. The van der Waals surface area contributed by atoms with Crippen LogP contribution in [-0.2, 0) is 30.6 Å². The molecule has 3 aromatic heterocycles. The summed E-state index contributed by atoms with van der Waals surface area (Å²) in [6, 6.07) is 10.9. The van der Waals surface area contributed by atoms with Crippen molar-refractivity contribution in [2.45, 2.75) is 51.2 Å². The summed E-state index contributed by atoms with van der Waals surface area (Å²) in [4.78, 5) is 40.8. The first kappa shape index (κ1) is 31.0. The predicted octanol–water partition coefficient (Wildman–Crippen LogP) is 4.09. The van der Waals surface area contributed by atoms with Gasteiger partial charge in [-0.25, -0.2) is 9.07 Å². The smallest absolute Gasteiger partial charge is 0.346 e. The van der Waals surface area contributed by atoms with Crippen LogP contribution in [0.3, 0.4) is 0 Å². The lowest BCUT2D eigenvalue weighted by Crippen LogP contribution is -2.27. The Morgan fingerprint density at radius 1 is 1.09 bits per heavy atom. The van der Waals surface area contributed by atoms with E-state index in [-0.39, 0.29) is 43.0 Å². The van der Waals surface area contributed by atoms with Gasteiger partial charge in [-0.15, -0.1) is 5.10 Å². The third-order valence-corrected chi connectivity index (χ3v) is 6.47. The number of hydrogen-bond donors (Lipinski definition) is 2. The zero-order valence-electron chi connectivity index (χ0n) is 22.7. The Bertz CT molecular complexity index is 1640. The maximum absolute atomic E-state index is 14.7. The molecule has 2 N–H and O–H groups in total. The van der Waals surface area contributed by atoms with Crippen molar-refractivity contribution in [1.82, 2.24) is 29.9 Å². The van der Waals surface area contributed by atoms with E-state index < -0.39 is 47.0 Å². The number of pyridine rings is 2. The lowest BCUT2D eigenvalue weighted by molar-refractivity contribution is -0.137. The first-order valence-electron chi connectivity index (χ1n) is 13.0. The highest BCUT2D eigenvalue weighted by Gasteiger charge is 2.31. The van der Waals surface area contributed by atoms with Crippen molar-refractivity contribution in [2.75, 3.05) is 5.32 Å². The molecule has 43 heavy (non-hydrogen) atoms. The molecule has 0 bridgehead atoms. The van der Waals surface area contributed by atoms with E-state index in [1.54, 1.807) is 37.3 Å². The molecule has 4 rings (SSSR count). The molecule has 0 aliphatic carbocycles. The molecule has 0 fully saturated rings. The third kappa shape index (κ3) is 8.08. The van der Waals surface area contributed by atoms with E-state index in [1.165, 1.54) is 18.5 Å². The summed E-state index contributed by atoms with van der Waals surface area (Å²) in [5, 5.41) is 12.1. The molecule has 0 spiro atoms. The number of carbonyl (C=O) groups excluding carboxylic acids is 2. The van der Waals surface area contributed by atoms with Gasteiger partial charge in [0.15, 0.2) is 5.69 Å². The quantitative estimate of drug-likeness (QED) is 0.249. The number of alkyl halides is 4. The fraction of sp³-hybridized carbons (Fsp3) is 0.286. The van der Waals surface area contributed by atoms with Crippen LogP contribution >= 0.6 is 0 Å². The average molecular weight is 604 g/mol. The van der Waals surface area contributed by atoms with Gasteiger partial charge in [0.1, 0.15) is 6.17 Å². The molecule has 4 aromatic rings. The summed E-state index contributed by atoms with van der Waals surface area (Å²) in [5.41, 5.74) is -1.64. The van der Waals surface area contributed by atoms with Crippen molar-refractivity contribution in [2.24, 2.45) is 0 Å². The number of aryl methyl sites for hydroxylation is 1. The Morgan fingerprint density at radius 3 is 2.56 bits per heavy atom. The lowest BCUT2D eigenvalue weighted by atomic mass is 10.0. The van der Waals surface area contributed by atoms with E-state index in [2.05, 4.69) is 25.9 Å². The van der Waals surface area contributed by atoms with Crippen LogP contribution in [0.15, 0.2) is 72.0 Å². The van der Waals surface area contributed by atoms with Crippen LogP contribution in [0.1, 0.15) is 46.4 Å². The van der Waals surface area contributed by atoms with E-state index in [0.717, 1.165) is 27.1 Å². The zero-order chi connectivity index (χ0) is 31.1. The van der Waals surface area contributed by atoms with Crippen molar-refractivity contribution in [3.63, 3.8) is 0 Å². The summed E-state index contributed by atoms with van der Waals surface area (Å²) in [5.74, 6) is -3.02. The summed E-state index contributed by atoms with van der Waals surface area (Å²) in [6.07, 6.45) is -2.10. The Balaban J connectivity index is 1.28. The number of carbonyl (C=O) groups is 2. The van der Waals surface area contributed by atoms with Crippen molar-refractivity contribution in [1.29, 1.82) is 0 Å². The van der Waals surface area contributed by atoms with Gasteiger partial charge in [0.25, 0.3) is 11.5 Å². The van der Waals surface area contributed by atoms with Gasteiger partial charge < -0.3 is 15.2 Å². The van der Waals surface area contributed by atoms with Crippen LogP contribution in [-0.4, -0.2) is 42.5 Å². The fourth-order valence-electron chi connectivity index (χ4n) is 4.03. The topological polar surface area (TPSA) is 124 Å². The average Bonchev–Trinajstić information content (AvgIpc) is 3.46. The molecule has 0 aliphatic heterocycles. The predicted molar refractivity (Wildman–Crippen MR) is 144 cm³/mol. The molecule has 2 atom stereocenters. The second kappa shape index (κ2) is 13.4. The van der Waals surface area contributed by atoms with Crippen LogP contribution in [0.2, 0.25) is 0 Å². The minimum Gasteiger partial charge on any atom is -0.346 e. The van der Waals surface area contributed by atoms with E-state index >= 15 is 0 Å². The van der Waals surface area contributed by atoms with E-state index in [0.29, 0.717) is 6.20 Å². The normalized spacial score (nSPS) is 12.9. The highest BCUT2D eigenvalue weighted by molar-refractivity contribution is 5.95. The van der Waals surface area contributed by atoms with Gasteiger partial charge in [0.2, 0.25) is 11.7 Å². The van der Waals surface area contributed by atoms with Gasteiger partial charge >= 0.3 is 6.18 Å². The number of benzene rings is 1. The van der Waals surface area contributed by atoms with Crippen LogP contribution < -0.4 is 16.2 Å². The molecule has 2 unspecified atom stereocenters. The van der Waals surface area contributed by atoms with Gasteiger partial charge in [-0.3, -0.25) is 19.4 Å². The molecule has 15 heteroatoms. The molecule has 0 saturated carbocycles. The van der Waals surface area contributed by atoms with Gasteiger partial charge in [-0.2, -0.15) is 17.6 Å². The number of halogens is 5. The van der Waals surface area contributed by atoms with Gasteiger partial charge in [0.05, 0.1) is 29.9 Å². The number of nitrogens with zero attached hydrogens (tertiary/aromatic N) is 5. The zero-order valence-corrected chi connectivity index (χ0v) is 22.7. The first-order valence-corrected chi connectivity index (χ1v) is 13.0. The van der Waals surface area contributed by atoms with Crippen molar-refractivity contribution in [3.05, 3.63) is 106 Å². The Labute approximate surface area is 241 Å². The fourth-order valence-corrected chi connectivity index (χ4v) is 4.03. The molecule has 1 aromatic carbocycles. The molecular formula is C28H26F5N7O3. The number of hydrogen-bond acceptors (Lipinski definition) is 6. The number of nitrogens with one attached hydrogen (secondary N) is 2. The number of anilines is 1. The maximum atomic E-state index is 14.7. The second-order valence-electron chi connectivity index (χ2n) is 9.64. The molecule has 0 saturated heterocycles. The number of amides is 2. The highest BCUT2D eigenvalue weighted by Crippen LogP contribution is 2.28. The number of aromatic nitrogens is 5. The van der Waals surface area contributed by atoms with Crippen LogP contribution in [0.5, 0.6) is 0 Å². The highest BCUT2D eigenvalue weighted by atomic mass is 19.4. The third-order valence-electron chi connectivity index (χ3n) is 6.47. The van der Waals surface area contributed by atoms with E-state index in [1.807, 2.05) is 0 Å². The lowest BCUT2D eigenvalue weighted by Gasteiger charge is -2.14. The molecule has 2 amide bonds. The van der Waals surface area contributed by atoms with E-state index in [4.69, 9.17) is 0 Å². The van der Waals surface area contributed by atoms with Crippen LogP contribution in [0.25, 0.3) is 0 Å². The molecule has 3 heterocycles. The Morgan fingerprint density at radius 2 is 1.84 bits per heavy atom. The van der Waals surface area contributed by atoms with E-state index in [9.17, 15) is 36.3 Å². The van der Waals surface area contributed by atoms with Crippen LogP contribution in [0, 0.1) is 5.82 Å². The minimum atomic E-state index is -4.58. The Kier molecular flexibility index (Phi) is 9.63. The van der Waals surface area contributed by atoms with Crippen molar-refractivity contribution < 1.29 is 31.5 Å². The molecular weight excluding hydrogens is 577 g/mol. The van der Waals surface area contributed by atoms with Gasteiger partial charge in [-0.1, -0.05) is 35.5 Å². The van der Waals surface area contributed by atoms with Crippen molar-refractivity contribution in [3.8, 4) is 0 Å². The number of rotatable bonds is 11. The summed E-state index contributed by atoms with van der Waals surface area (Å²) in [6.45, 7) is 0.877.